The fraction of sp³-hybridized carbons (Fsp3) is 0.115. The molecule has 33 heavy (non-hydrogen) atoms. The summed E-state index contributed by atoms with van der Waals surface area (Å²) in [5, 5.41) is 7.95. The summed E-state index contributed by atoms with van der Waals surface area (Å²) in [7, 11) is 0. The first-order valence-electron chi connectivity index (χ1n) is 10.5. The molecule has 1 atom stereocenters. The molecular weight excluding hydrogens is 437 g/mol. The van der Waals surface area contributed by atoms with Crippen LogP contribution in [0.5, 0.6) is 0 Å². The summed E-state index contributed by atoms with van der Waals surface area (Å²) < 4.78 is 14.4. The summed E-state index contributed by atoms with van der Waals surface area (Å²) in [4.78, 5) is 25.7. The van der Waals surface area contributed by atoms with Crippen LogP contribution in [0.3, 0.4) is 0 Å². The van der Waals surface area contributed by atoms with Crippen LogP contribution < -0.4 is 10.9 Å². The van der Waals surface area contributed by atoms with Gasteiger partial charge in [-0.1, -0.05) is 49.0 Å². The molecule has 1 unspecified atom stereocenters. The highest BCUT2D eigenvalue weighted by Crippen LogP contribution is 2.25. The Morgan fingerprint density at radius 3 is 2.36 bits per heavy atom. The number of halogens is 1. The molecule has 4 rings (SSSR count). The number of hydrogen-bond donors (Lipinski definition) is 1. The molecule has 0 saturated carbocycles. The van der Waals surface area contributed by atoms with Gasteiger partial charge in [-0.2, -0.15) is 9.78 Å². The molecule has 3 aromatic carbocycles. The Labute approximate surface area is 195 Å². The number of carbonyl (C=O) groups is 1. The van der Waals surface area contributed by atoms with Gasteiger partial charge in [0, 0.05) is 23.1 Å². The molecule has 5 nitrogen and oxygen atoms in total. The number of nitrogens with one attached hydrogen (secondary N) is 1. The summed E-state index contributed by atoms with van der Waals surface area (Å²) >= 11 is 1.33. The zero-order valence-electron chi connectivity index (χ0n) is 17.9. The van der Waals surface area contributed by atoms with Gasteiger partial charge in [-0.3, -0.25) is 9.59 Å². The first kappa shape index (κ1) is 22.5. The van der Waals surface area contributed by atoms with Gasteiger partial charge in [0.05, 0.1) is 5.69 Å². The number of benzene rings is 3. The number of rotatable bonds is 7. The predicted molar refractivity (Wildman–Crippen MR) is 128 cm³/mol. The zero-order chi connectivity index (χ0) is 23.2. The molecule has 0 fully saturated rings. The second kappa shape index (κ2) is 10.3. The molecule has 0 aliphatic rings. The van der Waals surface area contributed by atoms with Crippen LogP contribution in [0.15, 0.2) is 106 Å². The van der Waals surface area contributed by atoms with E-state index < -0.39 is 0 Å². The van der Waals surface area contributed by atoms with Gasteiger partial charge < -0.3 is 5.32 Å². The number of aromatic nitrogens is 2. The molecule has 0 bridgehead atoms. The average Bonchev–Trinajstić information content (AvgIpc) is 2.85. The predicted octanol–water partition coefficient (Wildman–Crippen LogP) is 5.06. The number of nitrogens with zero attached hydrogens (tertiary/aromatic N) is 2. The van der Waals surface area contributed by atoms with Gasteiger partial charge >= 0.3 is 0 Å². The zero-order valence-corrected chi connectivity index (χ0v) is 18.8. The van der Waals surface area contributed by atoms with Crippen LogP contribution in [0.2, 0.25) is 0 Å². The maximum Gasteiger partial charge on any atom is 0.271 e. The number of amides is 1. The van der Waals surface area contributed by atoms with Crippen molar-refractivity contribution in [3.8, 4) is 5.69 Å². The molecule has 1 aromatic heterocycles. The first-order chi connectivity index (χ1) is 16.0. The smallest absolute Gasteiger partial charge is 0.271 e. The molecule has 0 aliphatic heterocycles. The van der Waals surface area contributed by atoms with Crippen LogP contribution >= 0.6 is 11.8 Å². The third kappa shape index (κ3) is 5.75. The van der Waals surface area contributed by atoms with Crippen molar-refractivity contribution in [3.05, 3.63) is 118 Å². The lowest BCUT2D eigenvalue weighted by Crippen LogP contribution is -2.27. The van der Waals surface area contributed by atoms with Crippen molar-refractivity contribution in [2.24, 2.45) is 0 Å². The minimum Gasteiger partial charge on any atom is -0.351 e. The molecule has 1 heterocycles. The molecule has 0 aliphatic carbocycles. The normalized spacial score (nSPS) is 11.7. The Kier molecular flexibility index (Phi) is 7.00. The lowest BCUT2D eigenvalue weighted by Gasteiger charge is -2.13. The van der Waals surface area contributed by atoms with Crippen LogP contribution in [0, 0.1) is 5.82 Å². The van der Waals surface area contributed by atoms with E-state index >= 15 is 0 Å². The number of hydrogen-bond acceptors (Lipinski definition) is 4. The Balaban J connectivity index is 1.44. The van der Waals surface area contributed by atoms with Gasteiger partial charge in [0.25, 0.3) is 11.5 Å². The lowest BCUT2D eigenvalue weighted by atomic mass is 10.0. The van der Waals surface area contributed by atoms with Crippen molar-refractivity contribution in [2.75, 3.05) is 6.54 Å². The lowest BCUT2D eigenvalue weighted by molar-refractivity contribution is 0.0951. The van der Waals surface area contributed by atoms with Crippen molar-refractivity contribution in [1.82, 2.24) is 15.1 Å². The summed E-state index contributed by atoms with van der Waals surface area (Å²) in [5.74, 6) is -0.292. The van der Waals surface area contributed by atoms with E-state index in [-0.39, 0.29) is 23.2 Å². The highest BCUT2D eigenvalue weighted by atomic mass is 32.2. The van der Waals surface area contributed by atoms with Crippen molar-refractivity contribution >= 4 is 17.7 Å². The van der Waals surface area contributed by atoms with Crippen molar-refractivity contribution < 1.29 is 9.18 Å². The fourth-order valence-electron chi connectivity index (χ4n) is 3.26. The molecule has 7 heteroatoms. The fourth-order valence-corrected chi connectivity index (χ4v) is 4.03. The summed E-state index contributed by atoms with van der Waals surface area (Å²) in [6.07, 6.45) is 0. The largest absolute Gasteiger partial charge is 0.351 e. The third-order valence-corrected chi connectivity index (χ3v) is 6.06. The molecule has 1 amide bonds. The molecule has 0 saturated heterocycles. The Morgan fingerprint density at radius 2 is 1.67 bits per heavy atom. The van der Waals surface area contributed by atoms with Gasteiger partial charge in [0.15, 0.2) is 0 Å². The van der Waals surface area contributed by atoms with Crippen LogP contribution in [-0.2, 0) is 0 Å². The minimum atomic E-state index is -0.309. The van der Waals surface area contributed by atoms with Crippen LogP contribution in [-0.4, -0.2) is 22.2 Å². The van der Waals surface area contributed by atoms with E-state index in [2.05, 4.69) is 17.3 Å². The molecule has 1 N–H and O–H groups in total. The summed E-state index contributed by atoms with van der Waals surface area (Å²) in [6, 6.07) is 25.9. The van der Waals surface area contributed by atoms with Gasteiger partial charge in [-0.15, -0.1) is 0 Å². The van der Waals surface area contributed by atoms with E-state index in [1.807, 2.05) is 30.3 Å². The average molecular weight is 460 g/mol. The minimum absolute atomic E-state index is 0.176. The van der Waals surface area contributed by atoms with E-state index in [1.165, 1.54) is 34.6 Å². The van der Waals surface area contributed by atoms with E-state index in [0.717, 1.165) is 10.5 Å². The standard InChI is InChI=1S/C26H22FN3O2S/c1-18(19-5-3-2-4-6-19)17-28-26(32)20-7-11-22(12-8-20)30-25(31)16-15-24(29-30)33-23-13-9-21(27)10-14-23/h2-16,18H,17H2,1H3,(H,28,32). The molecule has 166 valence electrons. The highest BCUT2D eigenvalue weighted by Gasteiger charge is 2.11. The second-order valence-electron chi connectivity index (χ2n) is 7.55. The van der Waals surface area contributed by atoms with Gasteiger partial charge in [-0.25, -0.2) is 4.39 Å². The SMILES string of the molecule is CC(CNC(=O)c1ccc(-n2nc(Sc3ccc(F)cc3)ccc2=O)cc1)c1ccccc1. The number of carbonyl (C=O) groups excluding carboxylic acids is 1. The van der Waals surface area contributed by atoms with Gasteiger partial charge in [0.1, 0.15) is 10.8 Å². The van der Waals surface area contributed by atoms with E-state index in [1.54, 1.807) is 42.5 Å². The Hall–Kier alpha value is -3.71. The van der Waals surface area contributed by atoms with Crippen LogP contribution in [0.4, 0.5) is 4.39 Å². The second-order valence-corrected chi connectivity index (χ2v) is 8.64. The third-order valence-electron chi connectivity index (χ3n) is 5.12. The quantitative estimate of drug-likeness (QED) is 0.420. The highest BCUT2D eigenvalue weighted by molar-refractivity contribution is 7.99. The molecule has 0 spiro atoms. The molecule has 0 radical (unpaired) electrons. The van der Waals surface area contributed by atoms with E-state index in [4.69, 9.17) is 0 Å². The van der Waals surface area contributed by atoms with E-state index in [9.17, 15) is 14.0 Å². The van der Waals surface area contributed by atoms with Crippen molar-refractivity contribution in [2.45, 2.75) is 22.8 Å². The molecule has 4 aromatic rings. The van der Waals surface area contributed by atoms with Crippen molar-refractivity contribution in [3.63, 3.8) is 0 Å². The summed E-state index contributed by atoms with van der Waals surface area (Å²) in [5.41, 5.74) is 1.93. The van der Waals surface area contributed by atoms with Crippen LogP contribution in [0.1, 0.15) is 28.8 Å². The molecular formula is C26H22FN3O2S. The Bertz CT molecular complexity index is 1290. The van der Waals surface area contributed by atoms with Crippen LogP contribution in [0.25, 0.3) is 5.69 Å². The summed E-state index contributed by atoms with van der Waals surface area (Å²) in [6.45, 7) is 2.59. The maximum absolute atomic E-state index is 13.1. The topological polar surface area (TPSA) is 64.0 Å². The Morgan fingerprint density at radius 1 is 0.970 bits per heavy atom. The van der Waals surface area contributed by atoms with Gasteiger partial charge in [0.2, 0.25) is 0 Å². The maximum atomic E-state index is 13.1. The first-order valence-corrected chi connectivity index (χ1v) is 11.3. The van der Waals surface area contributed by atoms with E-state index in [0.29, 0.717) is 22.8 Å². The van der Waals surface area contributed by atoms with Gasteiger partial charge in [-0.05, 0) is 66.1 Å². The van der Waals surface area contributed by atoms with Crippen molar-refractivity contribution in [1.29, 1.82) is 0 Å². The monoisotopic (exact) mass is 459 g/mol.